The zero-order chi connectivity index (χ0) is 23.4. The Bertz CT molecular complexity index is 1150. The fourth-order valence-corrected chi connectivity index (χ4v) is 4.27. The van der Waals surface area contributed by atoms with Crippen molar-refractivity contribution >= 4 is 29.4 Å². The van der Waals surface area contributed by atoms with Gasteiger partial charge in [0.25, 0.3) is 5.91 Å². The van der Waals surface area contributed by atoms with Gasteiger partial charge < -0.3 is 10.6 Å². The van der Waals surface area contributed by atoms with Crippen LogP contribution in [0.4, 0.5) is 4.79 Å². The lowest BCUT2D eigenvalue weighted by molar-refractivity contribution is -0.135. The summed E-state index contributed by atoms with van der Waals surface area (Å²) in [6.07, 6.45) is 0.372. The first-order valence-electron chi connectivity index (χ1n) is 10.7. The summed E-state index contributed by atoms with van der Waals surface area (Å²) in [6, 6.07) is 24.7. The minimum atomic E-state index is -1.17. The Morgan fingerprint density at radius 3 is 2.12 bits per heavy atom. The molecule has 2 N–H and O–H groups in total. The summed E-state index contributed by atoms with van der Waals surface area (Å²) in [6.45, 7) is 1.46. The van der Waals surface area contributed by atoms with Gasteiger partial charge in [-0.2, -0.15) is 0 Å². The number of urea groups is 1. The summed E-state index contributed by atoms with van der Waals surface area (Å²) >= 11 is 6.03. The highest BCUT2D eigenvalue weighted by atomic mass is 35.5. The van der Waals surface area contributed by atoms with Crippen LogP contribution < -0.4 is 10.6 Å². The Labute approximate surface area is 197 Å². The molecule has 6 nitrogen and oxygen atoms in total. The summed E-state index contributed by atoms with van der Waals surface area (Å²) in [7, 11) is 0. The van der Waals surface area contributed by atoms with Gasteiger partial charge in [-0.25, -0.2) is 4.79 Å². The smallest absolute Gasteiger partial charge is 0.325 e. The van der Waals surface area contributed by atoms with Crippen LogP contribution in [-0.2, 0) is 15.1 Å². The van der Waals surface area contributed by atoms with Crippen LogP contribution in [0.15, 0.2) is 84.9 Å². The number of amides is 4. The van der Waals surface area contributed by atoms with Crippen molar-refractivity contribution in [3.05, 3.63) is 107 Å². The van der Waals surface area contributed by atoms with Crippen molar-refractivity contribution in [1.82, 2.24) is 15.5 Å². The van der Waals surface area contributed by atoms with Crippen molar-refractivity contribution in [2.24, 2.45) is 0 Å². The summed E-state index contributed by atoms with van der Waals surface area (Å²) < 4.78 is 0. The number of hydrogen-bond donors (Lipinski definition) is 2. The van der Waals surface area contributed by atoms with Crippen LogP contribution in [-0.4, -0.2) is 29.3 Å². The molecule has 0 aromatic heterocycles. The molecule has 0 radical (unpaired) electrons. The highest BCUT2D eigenvalue weighted by molar-refractivity contribution is 6.30. The van der Waals surface area contributed by atoms with E-state index >= 15 is 0 Å². The molecular weight excluding hydrogens is 438 g/mol. The minimum absolute atomic E-state index is 0.372. The third-order valence-electron chi connectivity index (χ3n) is 5.92. The van der Waals surface area contributed by atoms with E-state index in [-0.39, 0.29) is 6.54 Å². The normalized spacial score (nSPS) is 18.7. The van der Waals surface area contributed by atoms with Crippen molar-refractivity contribution < 1.29 is 14.4 Å². The van der Waals surface area contributed by atoms with Crippen molar-refractivity contribution in [3.8, 4) is 0 Å². The molecule has 168 valence electrons. The largest absolute Gasteiger partial charge is 0.344 e. The zero-order valence-corrected chi connectivity index (χ0v) is 18.9. The Hall–Kier alpha value is -3.64. The van der Waals surface area contributed by atoms with E-state index in [0.717, 1.165) is 16.0 Å². The van der Waals surface area contributed by atoms with Crippen molar-refractivity contribution in [1.29, 1.82) is 0 Å². The fourth-order valence-electron chi connectivity index (χ4n) is 4.14. The van der Waals surface area contributed by atoms with E-state index in [9.17, 15) is 14.4 Å². The average molecular weight is 462 g/mol. The maximum Gasteiger partial charge on any atom is 0.325 e. The lowest BCUT2D eigenvalue weighted by Crippen LogP contribution is -2.45. The number of nitrogens with zero attached hydrogens (tertiary/aromatic N) is 1. The molecule has 3 aromatic carbocycles. The highest BCUT2D eigenvalue weighted by Crippen LogP contribution is 2.32. The zero-order valence-electron chi connectivity index (χ0n) is 18.1. The van der Waals surface area contributed by atoms with Gasteiger partial charge >= 0.3 is 6.03 Å². The van der Waals surface area contributed by atoms with Gasteiger partial charge in [-0.1, -0.05) is 91.3 Å². The monoisotopic (exact) mass is 461 g/mol. The third kappa shape index (κ3) is 4.47. The second-order valence-corrected chi connectivity index (χ2v) is 8.35. The van der Waals surface area contributed by atoms with E-state index in [4.69, 9.17) is 11.6 Å². The van der Waals surface area contributed by atoms with Gasteiger partial charge in [-0.05, 0) is 35.2 Å². The number of carbonyl (C=O) groups is 3. The van der Waals surface area contributed by atoms with Crippen LogP contribution in [0.1, 0.15) is 36.1 Å². The maximum absolute atomic E-state index is 13.3. The summed E-state index contributed by atoms with van der Waals surface area (Å²) in [5, 5.41) is 6.36. The van der Waals surface area contributed by atoms with Gasteiger partial charge in [0.1, 0.15) is 12.1 Å². The summed E-state index contributed by atoms with van der Waals surface area (Å²) in [5.41, 5.74) is 1.23. The predicted octanol–water partition coefficient (Wildman–Crippen LogP) is 4.40. The average Bonchev–Trinajstić information content (AvgIpc) is 3.09. The second-order valence-electron chi connectivity index (χ2n) is 7.91. The first-order valence-corrected chi connectivity index (χ1v) is 11.1. The van der Waals surface area contributed by atoms with Crippen LogP contribution in [0.25, 0.3) is 0 Å². The lowest BCUT2D eigenvalue weighted by Gasteiger charge is -2.26. The van der Waals surface area contributed by atoms with Crippen LogP contribution in [0.5, 0.6) is 0 Å². The van der Waals surface area contributed by atoms with Crippen molar-refractivity contribution in [2.45, 2.75) is 24.9 Å². The number of rotatable bonds is 7. The molecule has 2 unspecified atom stereocenters. The Kier molecular flexibility index (Phi) is 6.47. The van der Waals surface area contributed by atoms with Gasteiger partial charge in [0, 0.05) is 5.02 Å². The molecule has 3 aromatic rings. The third-order valence-corrected chi connectivity index (χ3v) is 6.17. The number of imide groups is 1. The van der Waals surface area contributed by atoms with Gasteiger partial charge in [0.05, 0.1) is 6.04 Å². The molecular formula is C26H24ClN3O3. The summed E-state index contributed by atoms with van der Waals surface area (Å²) in [4.78, 5) is 40.1. The minimum Gasteiger partial charge on any atom is -0.344 e. The molecule has 2 atom stereocenters. The molecule has 4 amide bonds. The van der Waals surface area contributed by atoms with Gasteiger partial charge in [0.2, 0.25) is 5.91 Å². The molecule has 0 spiro atoms. The molecule has 1 fully saturated rings. The molecule has 4 rings (SSSR count). The van der Waals surface area contributed by atoms with Gasteiger partial charge in [-0.3, -0.25) is 14.5 Å². The Morgan fingerprint density at radius 2 is 1.52 bits per heavy atom. The van der Waals surface area contributed by atoms with Crippen LogP contribution >= 0.6 is 11.6 Å². The standard InChI is InChI=1S/C26H24ClN3O3/c1-2-26(20-11-7-4-8-12-20)24(32)30(25(33)29-26)17-22(31)28-23(18-9-5-3-6-10-18)19-13-15-21(27)16-14-19/h3-16,23H,2,17H2,1H3,(H,28,31)(H,29,33). The lowest BCUT2D eigenvalue weighted by atomic mass is 9.87. The van der Waals surface area contributed by atoms with E-state index < -0.39 is 29.4 Å². The van der Waals surface area contributed by atoms with E-state index in [1.54, 1.807) is 24.3 Å². The molecule has 33 heavy (non-hydrogen) atoms. The first kappa shape index (κ1) is 22.6. The maximum atomic E-state index is 13.3. The molecule has 0 saturated carbocycles. The molecule has 1 aliphatic rings. The highest BCUT2D eigenvalue weighted by Gasteiger charge is 2.51. The number of halogens is 1. The number of carbonyl (C=O) groups excluding carboxylic acids is 3. The van der Waals surface area contributed by atoms with Gasteiger partial charge in [0.15, 0.2) is 0 Å². The number of benzene rings is 3. The fraction of sp³-hybridized carbons (Fsp3) is 0.192. The number of nitrogens with one attached hydrogen (secondary N) is 2. The van der Waals surface area contributed by atoms with Crippen molar-refractivity contribution in [3.63, 3.8) is 0 Å². The van der Waals surface area contributed by atoms with E-state index in [1.165, 1.54) is 0 Å². The van der Waals surface area contributed by atoms with Crippen LogP contribution in [0.3, 0.4) is 0 Å². The van der Waals surface area contributed by atoms with Crippen LogP contribution in [0, 0.1) is 0 Å². The Morgan fingerprint density at radius 1 is 0.939 bits per heavy atom. The second kappa shape index (κ2) is 9.46. The van der Waals surface area contributed by atoms with E-state index in [2.05, 4.69) is 10.6 Å². The van der Waals surface area contributed by atoms with E-state index in [0.29, 0.717) is 17.0 Å². The predicted molar refractivity (Wildman–Crippen MR) is 127 cm³/mol. The Balaban J connectivity index is 1.56. The molecule has 0 aliphatic carbocycles. The SMILES string of the molecule is CCC1(c2ccccc2)NC(=O)N(CC(=O)NC(c2ccccc2)c2ccc(Cl)cc2)C1=O. The first-order chi connectivity index (χ1) is 15.9. The molecule has 1 aliphatic heterocycles. The molecule has 1 heterocycles. The van der Waals surface area contributed by atoms with Crippen LogP contribution in [0.2, 0.25) is 5.02 Å². The quantitative estimate of drug-likeness (QED) is 0.512. The van der Waals surface area contributed by atoms with E-state index in [1.807, 2.05) is 67.6 Å². The summed E-state index contributed by atoms with van der Waals surface area (Å²) in [5.74, 6) is -0.874. The molecule has 1 saturated heterocycles. The van der Waals surface area contributed by atoms with Gasteiger partial charge in [-0.15, -0.1) is 0 Å². The molecule has 7 heteroatoms. The van der Waals surface area contributed by atoms with Crippen molar-refractivity contribution in [2.75, 3.05) is 6.54 Å². The number of hydrogen-bond acceptors (Lipinski definition) is 3. The molecule has 0 bridgehead atoms. The topological polar surface area (TPSA) is 78.5 Å².